The molecule has 1 heterocycles. The molecule has 2 aromatic rings. The molecule has 0 aromatic heterocycles. The van der Waals surface area contributed by atoms with E-state index in [4.69, 9.17) is 27.9 Å². The van der Waals surface area contributed by atoms with Crippen molar-refractivity contribution in [2.24, 2.45) is 0 Å². The highest BCUT2D eigenvalue weighted by molar-refractivity contribution is 6.42. The fourth-order valence-electron chi connectivity index (χ4n) is 2.58. The molecule has 1 aliphatic rings. The van der Waals surface area contributed by atoms with Crippen molar-refractivity contribution in [2.45, 2.75) is 12.5 Å². The lowest BCUT2D eigenvalue weighted by molar-refractivity contribution is -0.139. The Morgan fingerprint density at radius 1 is 1.15 bits per heavy atom. The van der Waals surface area contributed by atoms with Gasteiger partial charge in [-0.15, -0.1) is 0 Å². The fraction of sp³-hybridized carbons (Fsp3) is 0.167. The molecule has 3 rings (SSSR count). The summed E-state index contributed by atoms with van der Waals surface area (Å²) in [5, 5.41) is 3.87. The summed E-state index contributed by atoms with van der Waals surface area (Å²) in [4.78, 5) is 37.0. The molecule has 2 aromatic carbocycles. The zero-order valence-corrected chi connectivity index (χ0v) is 15.7. The van der Waals surface area contributed by atoms with Gasteiger partial charge in [0, 0.05) is 6.07 Å². The minimum Gasteiger partial charge on any atom is -0.484 e. The van der Waals surface area contributed by atoms with Crippen LogP contribution in [-0.2, 0) is 15.1 Å². The van der Waals surface area contributed by atoms with Crippen molar-refractivity contribution in [1.29, 1.82) is 0 Å². The Morgan fingerprint density at radius 2 is 1.85 bits per heavy atom. The third kappa shape index (κ3) is 3.84. The summed E-state index contributed by atoms with van der Waals surface area (Å²) in [6.45, 7) is 1.15. The number of nitrogens with one attached hydrogen (secondary N) is 2. The monoisotopic (exact) mass is 407 g/mol. The van der Waals surface area contributed by atoms with Gasteiger partial charge in [0.05, 0.1) is 10.0 Å². The molecule has 0 spiro atoms. The first kappa shape index (κ1) is 19.0. The van der Waals surface area contributed by atoms with Gasteiger partial charge in [-0.2, -0.15) is 5.01 Å². The average molecular weight is 408 g/mol. The summed E-state index contributed by atoms with van der Waals surface area (Å²) in [6.07, 6.45) is 0. The van der Waals surface area contributed by atoms with Gasteiger partial charge in [-0.1, -0.05) is 53.5 Å². The zero-order valence-electron chi connectivity index (χ0n) is 14.2. The Labute approximate surface area is 165 Å². The summed E-state index contributed by atoms with van der Waals surface area (Å²) in [7, 11) is 0. The van der Waals surface area contributed by atoms with Crippen LogP contribution >= 0.6 is 23.2 Å². The molecule has 1 aliphatic heterocycles. The van der Waals surface area contributed by atoms with E-state index < -0.39 is 30.0 Å². The van der Waals surface area contributed by atoms with Crippen molar-refractivity contribution >= 4 is 41.0 Å². The second kappa shape index (κ2) is 7.46. The minimum absolute atomic E-state index is 0.280. The van der Waals surface area contributed by atoms with Crippen LogP contribution in [0.5, 0.6) is 5.75 Å². The normalized spacial score (nSPS) is 19.0. The second-order valence-corrected chi connectivity index (χ2v) is 6.78. The number of carbonyl (C=O) groups excluding carboxylic acids is 3. The Morgan fingerprint density at radius 3 is 2.52 bits per heavy atom. The predicted molar refractivity (Wildman–Crippen MR) is 99.3 cm³/mol. The lowest BCUT2D eigenvalue weighted by Crippen LogP contribution is -2.49. The zero-order chi connectivity index (χ0) is 19.6. The Bertz CT molecular complexity index is 907. The Hall–Kier alpha value is -2.77. The molecular formula is C18H15Cl2N3O4. The lowest BCUT2D eigenvalue weighted by Gasteiger charge is -2.22. The Balaban J connectivity index is 1.64. The first-order chi connectivity index (χ1) is 12.8. The molecule has 1 unspecified atom stereocenters. The molecule has 1 atom stereocenters. The second-order valence-electron chi connectivity index (χ2n) is 5.96. The van der Waals surface area contributed by atoms with E-state index >= 15 is 0 Å². The summed E-state index contributed by atoms with van der Waals surface area (Å²) < 4.78 is 5.30. The molecule has 0 radical (unpaired) electrons. The highest BCUT2D eigenvalue weighted by atomic mass is 35.5. The van der Waals surface area contributed by atoms with Crippen LogP contribution in [0.1, 0.15) is 12.5 Å². The van der Waals surface area contributed by atoms with Gasteiger partial charge in [-0.25, -0.2) is 4.79 Å². The SMILES string of the molecule is CC1(c2ccccc2)NC(=O)N(NC(=O)COc2ccc(Cl)c(Cl)c2)C1=O. The van der Waals surface area contributed by atoms with Gasteiger partial charge in [-0.3, -0.25) is 15.0 Å². The van der Waals surface area contributed by atoms with E-state index in [-0.39, 0.29) is 5.02 Å². The van der Waals surface area contributed by atoms with E-state index in [1.165, 1.54) is 12.1 Å². The van der Waals surface area contributed by atoms with Crippen molar-refractivity contribution in [3.8, 4) is 5.75 Å². The van der Waals surface area contributed by atoms with Crippen LogP contribution in [0.25, 0.3) is 0 Å². The van der Waals surface area contributed by atoms with Gasteiger partial charge < -0.3 is 10.1 Å². The van der Waals surface area contributed by atoms with E-state index in [1.807, 2.05) is 0 Å². The van der Waals surface area contributed by atoms with Gasteiger partial charge in [0.25, 0.3) is 11.8 Å². The maximum atomic E-state index is 12.7. The van der Waals surface area contributed by atoms with Crippen LogP contribution in [0.15, 0.2) is 48.5 Å². The third-order valence-electron chi connectivity index (χ3n) is 4.04. The number of carbonyl (C=O) groups is 3. The van der Waals surface area contributed by atoms with Crippen LogP contribution in [0.2, 0.25) is 10.0 Å². The number of hydrogen-bond donors (Lipinski definition) is 2. The van der Waals surface area contributed by atoms with E-state index in [2.05, 4.69) is 10.7 Å². The van der Waals surface area contributed by atoms with Crippen LogP contribution in [0.4, 0.5) is 4.79 Å². The molecule has 2 N–H and O–H groups in total. The molecule has 1 saturated heterocycles. The molecule has 0 aliphatic carbocycles. The third-order valence-corrected chi connectivity index (χ3v) is 4.78. The van der Waals surface area contributed by atoms with Crippen molar-refractivity contribution < 1.29 is 19.1 Å². The van der Waals surface area contributed by atoms with Gasteiger partial charge >= 0.3 is 6.03 Å². The van der Waals surface area contributed by atoms with Crippen molar-refractivity contribution in [3.63, 3.8) is 0 Å². The Kier molecular flexibility index (Phi) is 5.25. The van der Waals surface area contributed by atoms with Crippen molar-refractivity contribution in [2.75, 3.05) is 6.61 Å². The first-order valence-electron chi connectivity index (χ1n) is 7.91. The van der Waals surface area contributed by atoms with Crippen LogP contribution < -0.4 is 15.5 Å². The van der Waals surface area contributed by atoms with E-state index in [0.717, 1.165) is 0 Å². The first-order valence-corrected chi connectivity index (χ1v) is 8.66. The highest BCUT2D eigenvalue weighted by Gasteiger charge is 2.49. The van der Waals surface area contributed by atoms with Gasteiger partial charge in [0.2, 0.25) is 0 Å². The molecule has 9 heteroatoms. The van der Waals surface area contributed by atoms with Crippen LogP contribution in [0, 0.1) is 0 Å². The number of halogens is 2. The van der Waals surface area contributed by atoms with Gasteiger partial charge in [0.1, 0.15) is 11.3 Å². The van der Waals surface area contributed by atoms with E-state index in [0.29, 0.717) is 21.3 Å². The smallest absolute Gasteiger partial charge is 0.344 e. The summed E-state index contributed by atoms with van der Waals surface area (Å²) in [6, 6.07) is 12.5. The van der Waals surface area contributed by atoms with E-state index in [9.17, 15) is 14.4 Å². The number of hydrogen-bond acceptors (Lipinski definition) is 4. The number of hydrazine groups is 1. The average Bonchev–Trinajstić information content (AvgIpc) is 2.87. The quantitative estimate of drug-likeness (QED) is 0.745. The molecule has 1 fully saturated rings. The standard InChI is InChI=1S/C18H15Cl2N3O4/c1-18(11-5-3-2-4-6-11)16(25)23(17(26)21-18)22-15(24)10-27-12-7-8-13(19)14(20)9-12/h2-9H,10H2,1H3,(H,21,26)(H,22,24). The number of amides is 4. The summed E-state index contributed by atoms with van der Waals surface area (Å²) >= 11 is 11.7. The molecular weight excluding hydrogens is 393 g/mol. The number of benzene rings is 2. The maximum absolute atomic E-state index is 12.7. The number of rotatable bonds is 5. The maximum Gasteiger partial charge on any atom is 0.344 e. The number of nitrogens with zero attached hydrogens (tertiary/aromatic N) is 1. The summed E-state index contributed by atoms with van der Waals surface area (Å²) in [5.41, 5.74) is 1.58. The largest absolute Gasteiger partial charge is 0.484 e. The van der Waals surface area contributed by atoms with Crippen LogP contribution in [0.3, 0.4) is 0 Å². The molecule has 140 valence electrons. The molecule has 7 nitrogen and oxygen atoms in total. The molecule has 0 saturated carbocycles. The summed E-state index contributed by atoms with van der Waals surface area (Å²) in [5.74, 6) is -0.950. The van der Waals surface area contributed by atoms with Gasteiger partial charge in [0.15, 0.2) is 6.61 Å². The topological polar surface area (TPSA) is 87.7 Å². The number of urea groups is 1. The molecule has 0 bridgehead atoms. The van der Waals surface area contributed by atoms with E-state index in [1.54, 1.807) is 43.3 Å². The highest BCUT2D eigenvalue weighted by Crippen LogP contribution is 2.28. The predicted octanol–water partition coefficient (Wildman–Crippen LogP) is 2.87. The minimum atomic E-state index is -1.27. The molecule has 27 heavy (non-hydrogen) atoms. The van der Waals surface area contributed by atoms with Gasteiger partial charge in [-0.05, 0) is 24.6 Å². The number of ether oxygens (including phenoxy) is 1. The van der Waals surface area contributed by atoms with Crippen molar-refractivity contribution in [1.82, 2.24) is 15.8 Å². The van der Waals surface area contributed by atoms with Crippen LogP contribution in [-0.4, -0.2) is 29.5 Å². The van der Waals surface area contributed by atoms with Crippen molar-refractivity contribution in [3.05, 3.63) is 64.1 Å². The molecule has 4 amide bonds. The lowest BCUT2D eigenvalue weighted by atomic mass is 9.92. The number of imide groups is 1. The fourth-order valence-corrected chi connectivity index (χ4v) is 2.87.